The summed E-state index contributed by atoms with van der Waals surface area (Å²) in [7, 11) is 0. The van der Waals surface area contributed by atoms with Gasteiger partial charge in [0, 0.05) is 18.5 Å². The van der Waals surface area contributed by atoms with Crippen LogP contribution in [0.2, 0.25) is 0 Å². The first-order valence-electron chi connectivity index (χ1n) is 8.20. The molecule has 1 aliphatic rings. The number of rotatable bonds is 3. The summed E-state index contributed by atoms with van der Waals surface area (Å²) in [5, 5.41) is 0. The number of hydrogen-bond donors (Lipinski definition) is 1. The van der Waals surface area contributed by atoms with E-state index in [4.69, 9.17) is 10.7 Å². The molecule has 0 unspecified atom stereocenters. The van der Waals surface area contributed by atoms with E-state index in [1.165, 1.54) is 37.0 Å². The van der Waals surface area contributed by atoms with Crippen LogP contribution < -0.4 is 5.73 Å². The molecule has 2 aromatic rings. The van der Waals surface area contributed by atoms with Crippen LogP contribution in [0.4, 0.5) is 0 Å². The van der Waals surface area contributed by atoms with Crippen molar-refractivity contribution in [2.75, 3.05) is 0 Å². The highest BCUT2D eigenvalue weighted by Gasteiger charge is 2.24. The number of nitrogens with zero attached hydrogens (tertiary/aromatic N) is 2. The molecule has 0 bridgehead atoms. The van der Waals surface area contributed by atoms with E-state index in [0.29, 0.717) is 6.54 Å². The van der Waals surface area contributed by atoms with Gasteiger partial charge in [-0.25, -0.2) is 4.98 Å². The van der Waals surface area contributed by atoms with Crippen LogP contribution in [0.15, 0.2) is 18.2 Å². The molecule has 0 amide bonds. The molecule has 2 N–H and O–H groups in total. The van der Waals surface area contributed by atoms with Crippen molar-refractivity contribution in [2.24, 2.45) is 11.7 Å². The third kappa shape index (κ3) is 2.84. The molecule has 1 fully saturated rings. The smallest absolute Gasteiger partial charge is 0.110 e. The summed E-state index contributed by atoms with van der Waals surface area (Å²) < 4.78 is 2.43. The molecule has 0 saturated heterocycles. The Morgan fingerprint density at radius 3 is 2.57 bits per heavy atom. The minimum absolute atomic E-state index is 0.0624. The summed E-state index contributed by atoms with van der Waals surface area (Å²) >= 11 is 0. The quantitative estimate of drug-likeness (QED) is 0.927. The summed E-state index contributed by atoms with van der Waals surface area (Å²) in [6, 6.07) is 6.47. The van der Waals surface area contributed by atoms with Gasteiger partial charge in [-0.3, -0.25) is 0 Å². The summed E-state index contributed by atoms with van der Waals surface area (Å²) in [4.78, 5) is 4.96. The molecule has 3 heteroatoms. The SMILES string of the molecule is CC(C)(C)n1c(CC2CCCC2)nc2cc(CN)ccc21. The highest BCUT2D eigenvalue weighted by molar-refractivity contribution is 5.77. The lowest BCUT2D eigenvalue weighted by Gasteiger charge is -2.25. The molecule has 0 spiro atoms. The zero-order chi connectivity index (χ0) is 15.0. The number of aromatic nitrogens is 2. The maximum atomic E-state index is 5.77. The summed E-state index contributed by atoms with van der Waals surface area (Å²) in [5.74, 6) is 2.07. The van der Waals surface area contributed by atoms with Crippen LogP contribution in [0.1, 0.15) is 57.8 Å². The molecule has 1 heterocycles. The maximum Gasteiger partial charge on any atom is 0.110 e. The summed E-state index contributed by atoms with van der Waals surface area (Å²) in [6.45, 7) is 7.38. The van der Waals surface area contributed by atoms with E-state index in [-0.39, 0.29) is 5.54 Å². The van der Waals surface area contributed by atoms with Crippen molar-refractivity contribution >= 4 is 11.0 Å². The van der Waals surface area contributed by atoms with Crippen molar-refractivity contribution in [1.82, 2.24) is 9.55 Å². The maximum absolute atomic E-state index is 5.77. The van der Waals surface area contributed by atoms with Gasteiger partial charge in [0.25, 0.3) is 0 Å². The molecule has 1 saturated carbocycles. The normalized spacial score (nSPS) is 17.0. The molecule has 1 aromatic heterocycles. The van der Waals surface area contributed by atoms with Gasteiger partial charge in [-0.1, -0.05) is 31.7 Å². The van der Waals surface area contributed by atoms with E-state index in [9.17, 15) is 0 Å². The molecule has 0 atom stereocenters. The second-order valence-corrected chi connectivity index (χ2v) is 7.42. The van der Waals surface area contributed by atoms with E-state index in [1.54, 1.807) is 0 Å². The van der Waals surface area contributed by atoms with Gasteiger partial charge >= 0.3 is 0 Å². The second kappa shape index (κ2) is 5.45. The third-order valence-corrected chi connectivity index (χ3v) is 4.64. The number of fused-ring (bicyclic) bond motifs is 1. The van der Waals surface area contributed by atoms with Gasteiger partial charge in [-0.2, -0.15) is 0 Å². The van der Waals surface area contributed by atoms with E-state index < -0.39 is 0 Å². The van der Waals surface area contributed by atoms with Crippen molar-refractivity contribution in [1.29, 1.82) is 0 Å². The van der Waals surface area contributed by atoms with Crippen LogP contribution in [-0.2, 0) is 18.5 Å². The average molecular weight is 285 g/mol. The van der Waals surface area contributed by atoms with Gasteiger partial charge in [0.1, 0.15) is 5.82 Å². The monoisotopic (exact) mass is 285 g/mol. The Bertz CT molecular complexity index is 628. The van der Waals surface area contributed by atoms with Gasteiger partial charge < -0.3 is 10.3 Å². The topological polar surface area (TPSA) is 43.8 Å². The Labute approximate surface area is 127 Å². The van der Waals surface area contributed by atoms with Gasteiger partial charge in [-0.15, -0.1) is 0 Å². The van der Waals surface area contributed by atoms with Crippen LogP contribution >= 0.6 is 0 Å². The van der Waals surface area contributed by atoms with Crippen molar-refractivity contribution in [3.8, 4) is 0 Å². The van der Waals surface area contributed by atoms with Gasteiger partial charge in [-0.05, 0) is 44.4 Å². The summed E-state index contributed by atoms with van der Waals surface area (Å²) in [5.41, 5.74) is 9.33. The molecule has 114 valence electrons. The fourth-order valence-electron chi connectivity index (χ4n) is 3.66. The molecule has 3 rings (SSSR count). The minimum Gasteiger partial charge on any atom is -0.326 e. The van der Waals surface area contributed by atoms with Crippen LogP contribution in [0, 0.1) is 5.92 Å². The van der Waals surface area contributed by atoms with E-state index in [1.807, 2.05) is 0 Å². The number of benzene rings is 1. The van der Waals surface area contributed by atoms with Crippen LogP contribution in [-0.4, -0.2) is 9.55 Å². The average Bonchev–Trinajstić information content (AvgIpc) is 3.03. The highest BCUT2D eigenvalue weighted by Crippen LogP contribution is 2.32. The molecule has 3 nitrogen and oxygen atoms in total. The standard InChI is InChI=1S/C18H27N3/c1-18(2,3)21-16-9-8-14(12-19)10-15(16)20-17(21)11-13-6-4-5-7-13/h8-10,13H,4-7,11-12,19H2,1-3H3. The largest absolute Gasteiger partial charge is 0.326 e. The number of imidazole rings is 1. The predicted octanol–water partition coefficient (Wildman–Crippen LogP) is 3.98. The number of hydrogen-bond acceptors (Lipinski definition) is 2. The second-order valence-electron chi connectivity index (χ2n) is 7.42. The fourth-order valence-corrected chi connectivity index (χ4v) is 3.66. The molecule has 1 aliphatic carbocycles. The lowest BCUT2D eigenvalue weighted by atomic mass is 10.0. The zero-order valence-electron chi connectivity index (χ0n) is 13.5. The van der Waals surface area contributed by atoms with Crippen molar-refractivity contribution in [3.63, 3.8) is 0 Å². The first-order valence-corrected chi connectivity index (χ1v) is 8.20. The fraction of sp³-hybridized carbons (Fsp3) is 0.611. The van der Waals surface area contributed by atoms with E-state index in [2.05, 4.69) is 43.5 Å². The zero-order valence-corrected chi connectivity index (χ0v) is 13.5. The molecule has 0 radical (unpaired) electrons. The van der Waals surface area contributed by atoms with Crippen LogP contribution in [0.3, 0.4) is 0 Å². The third-order valence-electron chi connectivity index (χ3n) is 4.64. The first kappa shape index (κ1) is 14.6. The Kier molecular flexibility index (Phi) is 3.78. The van der Waals surface area contributed by atoms with Crippen LogP contribution in [0.25, 0.3) is 11.0 Å². The lowest BCUT2D eigenvalue weighted by molar-refractivity contribution is 0.381. The predicted molar refractivity (Wildman–Crippen MR) is 88.3 cm³/mol. The Hall–Kier alpha value is -1.35. The molecular formula is C18H27N3. The Morgan fingerprint density at radius 2 is 1.95 bits per heavy atom. The first-order chi connectivity index (χ1) is 9.99. The molecule has 21 heavy (non-hydrogen) atoms. The minimum atomic E-state index is 0.0624. The van der Waals surface area contributed by atoms with Gasteiger partial charge in [0.2, 0.25) is 0 Å². The van der Waals surface area contributed by atoms with Gasteiger partial charge in [0.05, 0.1) is 11.0 Å². The Balaban J connectivity index is 2.07. The van der Waals surface area contributed by atoms with Crippen molar-refractivity contribution < 1.29 is 0 Å². The molecular weight excluding hydrogens is 258 g/mol. The van der Waals surface area contributed by atoms with Gasteiger partial charge in [0.15, 0.2) is 0 Å². The van der Waals surface area contributed by atoms with Crippen LogP contribution in [0.5, 0.6) is 0 Å². The van der Waals surface area contributed by atoms with Crippen molar-refractivity contribution in [2.45, 2.75) is 65.0 Å². The lowest BCUT2D eigenvalue weighted by Crippen LogP contribution is -2.25. The number of nitrogens with two attached hydrogens (primary N) is 1. The Morgan fingerprint density at radius 1 is 1.24 bits per heavy atom. The van der Waals surface area contributed by atoms with E-state index in [0.717, 1.165) is 23.4 Å². The highest BCUT2D eigenvalue weighted by atomic mass is 15.1. The molecule has 0 aliphatic heterocycles. The van der Waals surface area contributed by atoms with Crippen molar-refractivity contribution in [3.05, 3.63) is 29.6 Å². The summed E-state index contributed by atoms with van der Waals surface area (Å²) in [6.07, 6.45) is 6.61. The van der Waals surface area contributed by atoms with E-state index >= 15 is 0 Å². The molecule has 1 aromatic carbocycles.